The highest BCUT2D eigenvalue weighted by Gasteiger charge is 2.48. The van der Waals surface area contributed by atoms with E-state index in [-0.39, 0.29) is 22.2 Å². The maximum Gasteiger partial charge on any atom is 0.177 e. The van der Waals surface area contributed by atoms with Crippen molar-refractivity contribution >= 4 is 27.2 Å². The van der Waals surface area contributed by atoms with Crippen LogP contribution >= 0.6 is 11.6 Å². The highest BCUT2D eigenvalue weighted by Crippen LogP contribution is 2.52. The molecule has 1 aliphatic carbocycles. The zero-order valence-electron chi connectivity index (χ0n) is 14.6. The number of nitrogens with one attached hydrogen (secondary N) is 1. The van der Waals surface area contributed by atoms with Gasteiger partial charge in [0, 0.05) is 39.4 Å². The van der Waals surface area contributed by atoms with Gasteiger partial charge in [-0.1, -0.05) is 25.4 Å². The van der Waals surface area contributed by atoms with Gasteiger partial charge < -0.3 is 10.4 Å². The van der Waals surface area contributed by atoms with Crippen molar-refractivity contribution in [2.24, 2.45) is 5.41 Å². The number of Topliss-reactive ketones (excluding diaryl/α,β-unsaturated/α-hetero) is 1. The molecule has 0 aromatic heterocycles. The van der Waals surface area contributed by atoms with Crippen molar-refractivity contribution in [3.8, 4) is 5.75 Å². The number of dihydropyridines is 1. The maximum absolute atomic E-state index is 13.2. The van der Waals surface area contributed by atoms with Crippen LogP contribution in [0.5, 0.6) is 5.75 Å². The molecule has 5 nitrogen and oxygen atoms in total. The fraction of sp³-hybridized carbons (Fsp3) is 0.421. The average Bonchev–Trinajstić information content (AvgIpc) is 2.87. The highest BCUT2D eigenvalue weighted by atomic mass is 35.5. The van der Waals surface area contributed by atoms with E-state index in [1.165, 1.54) is 6.07 Å². The first-order chi connectivity index (χ1) is 12.1. The molecule has 0 saturated heterocycles. The van der Waals surface area contributed by atoms with Crippen LogP contribution in [0.15, 0.2) is 40.1 Å². The summed E-state index contributed by atoms with van der Waals surface area (Å²) in [6.45, 7) is 3.75. The van der Waals surface area contributed by atoms with Gasteiger partial charge in [-0.05, 0) is 31.0 Å². The number of hydrogen-bond acceptors (Lipinski definition) is 5. The quantitative estimate of drug-likeness (QED) is 0.763. The van der Waals surface area contributed by atoms with Crippen LogP contribution in [0.25, 0.3) is 0 Å². The monoisotopic (exact) mass is 393 g/mol. The molecular weight excluding hydrogens is 374 g/mol. The molecule has 0 saturated carbocycles. The lowest BCUT2D eigenvalue weighted by Crippen LogP contribution is -2.39. The number of carbonyl (C=O) groups is 1. The zero-order chi connectivity index (χ0) is 18.9. The largest absolute Gasteiger partial charge is 0.508 e. The summed E-state index contributed by atoms with van der Waals surface area (Å²) in [6, 6.07) is 4.55. The Morgan fingerprint density at radius 1 is 1.23 bits per heavy atom. The van der Waals surface area contributed by atoms with E-state index in [1.807, 2.05) is 13.8 Å². The van der Waals surface area contributed by atoms with E-state index in [9.17, 15) is 18.3 Å². The number of aromatic hydroxyl groups is 1. The van der Waals surface area contributed by atoms with Crippen LogP contribution in [0.1, 0.15) is 44.6 Å². The van der Waals surface area contributed by atoms with Gasteiger partial charge in [0.15, 0.2) is 15.6 Å². The van der Waals surface area contributed by atoms with E-state index in [0.29, 0.717) is 41.1 Å². The van der Waals surface area contributed by atoms with Gasteiger partial charge >= 0.3 is 0 Å². The molecule has 138 valence electrons. The van der Waals surface area contributed by atoms with E-state index in [0.717, 1.165) is 5.70 Å². The van der Waals surface area contributed by atoms with Crippen molar-refractivity contribution in [2.45, 2.75) is 39.0 Å². The van der Waals surface area contributed by atoms with Gasteiger partial charge in [0.1, 0.15) is 5.75 Å². The number of allylic oxidation sites excluding steroid dienone is 4. The molecule has 0 fully saturated rings. The minimum Gasteiger partial charge on any atom is -0.508 e. The zero-order valence-corrected chi connectivity index (χ0v) is 16.2. The third-order valence-corrected chi connectivity index (χ3v) is 7.72. The molecule has 1 atom stereocenters. The number of ketones is 1. The summed E-state index contributed by atoms with van der Waals surface area (Å²) in [7, 11) is -3.51. The lowest BCUT2D eigenvalue weighted by Gasteiger charge is -2.39. The second kappa shape index (κ2) is 5.60. The van der Waals surface area contributed by atoms with Crippen molar-refractivity contribution in [1.29, 1.82) is 0 Å². The Hall–Kier alpha value is -1.79. The number of rotatable bonds is 1. The fourth-order valence-electron chi connectivity index (χ4n) is 4.12. The molecule has 3 aliphatic rings. The Morgan fingerprint density at radius 2 is 1.96 bits per heavy atom. The summed E-state index contributed by atoms with van der Waals surface area (Å²) in [5, 5.41) is 14.1. The SMILES string of the molecule is CC1(C)CCC2=C(C1=O)C(c1cc(Cl)ccc1O)C1=C(CCS1(=O)=O)N2. The Balaban J connectivity index is 2.00. The molecule has 0 bridgehead atoms. The standard InChI is InChI=1S/C19H20ClNO4S/c1-19(2)7-5-12-16(18(19)23)15(11-9-10(20)3-4-14(11)22)17-13(21-12)6-8-26(17,24)25/h3-4,9,15,21-22H,5-8H2,1-2H3. The molecule has 4 rings (SSSR count). The number of hydrogen-bond donors (Lipinski definition) is 2. The van der Waals surface area contributed by atoms with Crippen LogP contribution in [-0.2, 0) is 14.6 Å². The third kappa shape index (κ3) is 2.50. The first-order valence-electron chi connectivity index (χ1n) is 8.61. The molecule has 0 spiro atoms. The molecular formula is C19H20ClNO4S. The Kier molecular flexibility index (Phi) is 3.80. The van der Waals surface area contributed by atoms with Gasteiger partial charge in [-0.15, -0.1) is 0 Å². The molecule has 26 heavy (non-hydrogen) atoms. The number of carbonyl (C=O) groups excluding carboxylic acids is 1. The molecule has 0 radical (unpaired) electrons. The molecule has 2 N–H and O–H groups in total. The van der Waals surface area contributed by atoms with Crippen molar-refractivity contribution < 1.29 is 18.3 Å². The lowest BCUT2D eigenvalue weighted by atomic mass is 9.69. The second-order valence-electron chi connectivity index (χ2n) is 7.78. The minimum absolute atomic E-state index is 0.0145. The van der Waals surface area contributed by atoms with E-state index in [1.54, 1.807) is 12.1 Å². The maximum atomic E-state index is 13.2. The molecule has 1 unspecified atom stereocenters. The van der Waals surface area contributed by atoms with Crippen LogP contribution < -0.4 is 5.32 Å². The Bertz CT molecular complexity index is 1000. The van der Waals surface area contributed by atoms with Gasteiger partial charge in [-0.25, -0.2) is 8.42 Å². The van der Waals surface area contributed by atoms with Crippen LogP contribution in [0.4, 0.5) is 0 Å². The van der Waals surface area contributed by atoms with Crippen molar-refractivity contribution in [3.05, 3.63) is 50.7 Å². The van der Waals surface area contributed by atoms with E-state index < -0.39 is 21.2 Å². The van der Waals surface area contributed by atoms with Gasteiger partial charge in [0.2, 0.25) is 0 Å². The Morgan fingerprint density at radius 3 is 2.69 bits per heavy atom. The summed E-state index contributed by atoms with van der Waals surface area (Å²) in [5.41, 5.74) is 1.65. The first-order valence-corrected chi connectivity index (χ1v) is 10.6. The van der Waals surface area contributed by atoms with Crippen molar-refractivity contribution in [2.75, 3.05) is 5.75 Å². The predicted molar refractivity (Wildman–Crippen MR) is 99.5 cm³/mol. The molecule has 0 amide bonds. The fourth-order valence-corrected chi connectivity index (χ4v) is 6.13. The number of phenols is 1. The summed E-state index contributed by atoms with van der Waals surface area (Å²) < 4.78 is 25.5. The third-order valence-electron chi connectivity index (χ3n) is 5.59. The van der Waals surface area contributed by atoms with Crippen LogP contribution in [0.3, 0.4) is 0 Å². The van der Waals surface area contributed by atoms with Crippen LogP contribution in [-0.4, -0.2) is 25.1 Å². The molecule has 1 aromatic carbocycles. The first kappa shape index (κ1) is 17.6. The van der Waals surface area contributed by atoms with Crippen molar-refractivity contribution in [1.82, 2.24) is 5.32 Å². The summed E-state index contributed by atoms with van der Waals surface area (Å²) in [6.07, 6.45) is 1.76. The summed E-state index contributed by atoms with van der Waals surface area (Å²) in [5.74, 6) is -0.928. The van der Waals surface area contributed by atoms with Crippen LogP contribution in [0.2, 0.25) is 5.02 Å². The second-order valence-corrected chi connectivity index (χ2v) is 10.3. The Labute approximate surface area is 157 Å². The van der Waals surface area contributed by atoms with Gasteiger partial charge in [0.05, 0.1) is 16.6 Å². The molecule has 1 aromatic rings. The summed E-state index contributed by atoms with van der Waals surface area (Å²) >= 11 is 6.12. The molecule has 2 aliphatic heterocycles. The van der Waals surface area contributed by atoms with E-state index in [4.69, 9.17) is 11.6 Å². The van der Waals surface area contributed by atoms with Gasteiger partial charge in [0.25, 0.3) is 0 Å². The number of sulfone groups is 1. The number of halogens is 1. The summed E-state index contributed by atoms with van der Waals surface area (Å²) in [4.78, 5) is 13.4. The predicted octanol–water partition coefficient (Wildman–Crippen LogP) is 3.41. The molecule has 7 heteroatoms. The normalized spacial score (nSPS) is 26.4. The van der Waals surface area contributed by atoms with Crippen molar-refractivity contribution in [3.63, 3.8) is 0 Å². The smallest absolute Gasteiger partial charge is 0.177 e. The van der Waals surface area contributed by atoms with Gasteiger partial charge in [-0.3, -0.25) is 4.79 Å². The minimum atomic E-state index is -3.51. The molecule has 2 heterocycles. The topological polar surface area (TPSA) is 83.5 Å². The number of phenolic OH excluding ortho intramolecular Hbond substituents is 1. The average molecular weight is 394 g/mol. The van der Waals surface area contributed by atoms with E-state index >= 15 is 0 Å². The lowest BCUT2D eigenvalue weighted by molar-refractivity contribution is -0.124. The van der Waals surface area contributed by atoms with Gasteiger partial charge in [-0.2, -0.15) is 0 Å². The number of benzene rings is 1. The van der Waals surface area contributed by atoms with Crippen LogP contribution in [0, 0.1) is 5.41 Å². The van der Waals surface area contributed by atoms with E-state index in [2.05, 4.69) is 5.32 Å². The highest BCUT2D eigenvalue weighted by molar-refractivity contribution is 7.95.